The lowest BCUT2D eigenvalue weighted by Crippen LogP contribution is -2.47. The van der Waals surface area contributed by atoms with Gasteiger partial charge in [0.2, 0.25) is 0 Å². The Morgan fingerprint density at radius 2 is 1.51 bits per heavy atom. The number of carboxylic acid groups (broad SMARTS) is 1. The fourth-order valence-corrected chi connectivity index (χ4v) is 5.64. The molecule has 2 aromatic carbocycles. The maximum Gasteiger partial charge on any atom is 0.407 e. The first-order valence-electron chi connectivity index (χ1n) is 15.0. The molecule has 0 radical (unpaired) electrons. The number of amides is 1. The topological polar surface area (TPSA) is 140 Å². The quantitative estimate of drug-likeness (QED) is 0.230. The van der Waals surface area contributed by atoms with Crippen LogP contribution in [-0.2, 0) is 28.6 Å². The molecule has 4 rings (SSSR count). The molecule has 2 aliphatic carbocycles. The van der Waals surface area contributed by atoms with Crippen molar-refractivity contribution >= 4 is 24.0 Å². The van der Waals surface area contributed by atoms with Crippen LogP contribution in [0.25, 0.3) is 11.1 Å². The highest BCUT2D eigenvalue weighted by atomic mass is 16.6. The Kier molecular flexibility index (Phi) is 10.8. The monoisotopic (exact) mass is 594 g/mol. The zero-order valence-corrected chi connectivity index (χ0v) is 25.1. The minimum Gasteiger partial charge on any atom is -0.480 e. The number of rotatable bonds is 12. The molecule has 1 saturated carbocycles. The van der Waals surface area contributed by atoms with Gasteiger partial charge in [-0.3, -0.25) is 9.59 Å². The Bertz CT molecular complexity index is 1250. The maximum atomic E-state index is 13.0. The van der Waals surface area contributed by atoms with Crippen LogP contribution in [0.2, 0.25) is 0 Å². The predicted molar refractivity (Wildman–Crippen MR) is 159 cm³/mol. The SMILES string of the molecule is CC(C)(C)OC(=O)[C@H](CCN[C@@H](CC(=O)OC1CCCCC1)C(=O)O)NC(=O)OCC1c2ccccc2-c2ccccc21. The van der Waals surface area contributed by atoms with Crippen molar-refractivity contribution in [1.29, 1.82) is 0 Å². The number of nitrogens with one attached hydrogen (secondary N) is 2. The molecule has 1 amide bonds. The summed E-state index contributed by atoms with van der Waals surface area (Å²) in [6.07, 6.45) is 3.37. The van der Waals surface area contributed by atoms with E-state index in [0.29, 0.717) is 0 Å². The summed E-state index contributed by atoms with van der Waals surface area (Å²) in [6, 6.07) is 13.6. The third-order valence-corrected chi connectivity index (χ3v) is 7.67. The van der Waals surface area contributed by atoms with Crippen molar-refractivity contribution in [2.75, 3.05) is 13.2 Å². The van der Waals surface area contributed by atoms with Crippen LogP contribution in [0.1, 0.15) is 82.8 Å². The van der Waals surface area contributed by atoms with E-state index in [-0.39, 0.29) is 38.0 Å². The first kappa shape index (κ1) is 32.0. The molecular weight excluding hydrogens is 552 g/mol. The van der Waals surface area contributed by atoms with Gasteiger partial charge in [0.25, 0.3) is 0 Å². The molecule has 0 bridgehead atoms. The molecule has 10 heteroatoms. The lowest BCUT2D eigenvalue weighted by atomic mass is 9.98. The molecule has 232 valence electrons. The Balaban J connectivity index is 1.34. The van der Waals surface area contributed by atoms with Crippen LogP contribution in [0.5, 0.6) is 0 Å². The van der Waals surface area contributed by atoms with Crippen molar-refractivity contribution in [2.45, 2.75) is 95.4 Å². The van der Waals surface area contributed by atoms with Crippen LogP contribution in [0, 0.1) is 0 Å². The van der Waals surface area contributed by atoms with E-state index in [1.165, 1.54) is 0 Å². The number of hydrogen-bond acceptors (Lipinski definition) is 8. The Labute approximate surface area is 252 Å². The molecular formula is C33H42N2O8. The van der Waals surface area contributed by atoms with Crippen LogP contribution >= 0.6 is 0 Å². The van der Waals surface area contributed by atoms with E-state index >= 15 is 0 Å². The summed E-state index contributed by atoms with van der Waals surface area (Å²) in [5.41, 5.74) is 3.51. The second kappa shape index (κ2) is 14.5. The van der Waals surface area contributed by atoms with Gasteiger partial charge in [-0.2, -0.15) is 0 Å². The molecule has 1 fully saturated rings. The van der Waals surface area contributed by atoms with Gasteiger partial charge in [0, 0.05) is 5.92 Å². The predicted octanol–water partition coefficient (Wildman–Crippen LogP) is 4.93. The van der Waals surface area contributed by atoms with Gasteiger partial charge in [0.05, 0.1) is 6.42 Å². The van der Waals surface area contributed by atoms with Crippen molar-refractivity contribution in [2.24, 2.45) is 0 Å². The molecule has 0 unspecified atom stereocenters. The van der Waals surface area contributed by atoms with E-state index in [9.17, 15) is 24.3 Å². The third kappa shape index (κ3) is 9.03. The lowest BCUT2D eigenvalue weighted by Gasteiger charge is -2.25. The number of aliphatic carboxylic acids is 1. The van der Waals surface area contributed by atoms with E-state index in [1.807, 2.05) is 48.5 Å². The summed E-state index contributed by atoms with van der Waals surface area (Å²) in [4.78, 5) is 50.1. The lowest BCUT2D eigenvalue weighted by molar-refractivity contribution is -0.157. The van der Waals surface area contributed by atoms with Crippen molar-refractivity contribution in [3.63, 3.8) is 0 Å². The van der Waals surface area contributed by atoms with Gasteiger partial charge < -0.3 is 30.0 Å². The summed E-state index contributed by atoms with van der Waals surface area (Å²) >= 11 is 0. The van der Waals surface area contributed by atoms with E-state index in [4.69, 9.17) is 14.2 Å². The molecule has 3 N–H and O–H groups in total. The number of carbonyl (C=O) groups is 4. The fraction of sp³-hybridized carbons (Fsp3) is 0.515. The van der Waals surface area contributed by atoms with Crippen molar-refractivity contribution in [3.05, 3.63) is 59.7 Å². The van der Waals surface area contributed by atoms with Gasteiger partial charge in [-0.05, 0) is 81.7 Å². The Morgan fingerprint density at radius 1 is 0.907 bits per heavy atom. The standard InChI is InChI=1S/C33H42N2O8/c1-33(2,3)43-31(39)27(17-18-34-28(30(37)38)19-29(36)42-21-11-5-4-6-12-21)35-32(40)41-20-26-24-15-9-7-13-22(24)23-14-8-10-16-25(23)26/h7-10,13-16,21,26-28,34H,4-6,11-12,17-20H2,1-3H3,(H,35,40)(H,37,38)/t27-,28-/m0/s1. The summed E-state index contributed by atoms with van der Waals surface area (Å²) in [6.45, 7) is 5.23. The van der Waals surface area contributed by atoms with Gasteiger partial charge in [-0.1, -0.05) is 55.0 Å². The van der Waals surface area contributed by atoms with Crippen LogP contribution in [0.15, 0.2) is 48.5 Å². The van der Waals surface area contributed by atoms with Crippen LogP contribution in [-0.4, -0.2) is 66.0 Å². The molecule has 43 heavy (non-hydrogen) atoms. The van der Waals surface area contributed by atoms with Gasteiger partial charge in [-0.15, -0.1) is 0 Å². The summed E-state index contributed by atoms with van der Waals surface area (Å²) in [5.74, 6) is -2.61. The van der Waals surface area contributed by atoms with Gasteiger partial charge in [0.1, 0.15) is 30.4 Å². The first-order valence-corrected chi connectivity index (χ1v) is 15.0. The van der Waals surface area contributed by atoms with Gasteiger partial charge in [-0.25, -0.2) is 9.59 Å². The van der Waals surface area contributed by atoms with Crippen LogP contribution in [0.4, 0.5) is 4.79 Å². The highest BCUT2D eigenvalue weighted by molar-refractivity contribution is 5.83. The van der Waals surface area contributed by atoms with Crippen LogP contribution < -0.4 is 10.6 Å². The van der Waals surface area contributed by atoms with Crippen molar-refractivity contribution in [3.8, 4) is 11.1 Å². The van der Waals surface area contributed by atoms with Crippen LogP contribution in [0.3, 0.4) is 0 Å². The number of hydrogen-bond donors (Lipinski definition) is 3. The Hall–Kier alpha value is -3.92. The zero-order valence-electron chi connectivity index (χ0n) is 25.1. The summed E-state index contributed by atoms with van der Waals surface area (Å²) < 4.78 is 16.6. The second-order valence-electron chi connectivity index (χ2n) is 12.1. The number of alkyl carbamates (subject to hydrolysis) is 1. The van der Waals surface area contributed by atoms with E-state index in [0.717, 1.165) is 54.4 Å². The molecule has 2 aliphatic rings. The second-order valence-corrected chi connectivity index (χ2v) is 12.1. The molecule has 0 aliphatic heterocycles. The van der Waals surface area contributed by atoms with Crippen molar-refractivity contribution < 1.29 is 38.5 Å². The van der Waals surface area contributed by atoms with E-state index in [2.05, 4.69) is 10.6 Å². The molecule has 0 spiro atoms. The fourth-order valence-electron chi connectivity index (χ4n) is 5.64. The molecule has 2 atom stereocenters. The first-order chi connectivity index (χ1) is 20.5. The normalized spacial score (nSPS) is 16.3. The summed E-state index contributed by atoms with van der Waals surface area (Å²) in [7, 11) is 0. The number of ether oxygens (including phenoxy) is 3. The summed E-state index contributed by atoms with van der Waals surface area (Å²) in [5, 5.41) is 15.1. The molecule has 0 aromatic heterocycles. The maximum absolute atomic E-state index is 13.0. The third-order valence-electron chi connectivity index (χ3n) is 7.67. The zero-order chi connectivity index (χ0) is 31.0. The number of carboxylic acids is 1. The van der Waals surface area contributed by atoms with E-state index < -0.39 is 41.7 Å². The number of benzene rings is 2. The van der Waals surface area contributed by atoms with Crippen molar-refractivity contribution in [1.82, 2.24) is 10.6 Å². The molecule has 2 aromatic rings. The average molecular weight is 595 g/mol. The smallest absolute Gasteiger partial charge is 0.407 e. The van der Waals surface area contributed by atoms with Gasteiger partial charge in [0.15, 0.2) is 0 Å². The number of carbonyl (C=O) groups excluding carboxylic acids is 3. The average Bonchev–Trinajstić information content (AvgIpc) is 3.28. The number of esters is 2. The minimum absolute atomic E-state index is 0.0144. The highest BCUT2D eigenvalue weighted by Gasteiger charge is 2.32. The highest BCUT2D eigenvalue weighted by Crippen LogP contribution is 2.44. The molecule has 0 saturated heterocycles. The Morgan fingerprint density at radius 3 is 2.09 bits per heavy atom. The van der Waals surface area contributed by atoms with Gasteiger partial charge >= 0.3 is 24.0 Å². The largest absolute Gasteiger partial charge is 0.480 e. The molecule has 10 nitrogen and oxygen atoms in total. The number of fused-ring (bicyclic) bond motifs is 3. The van der Waals surface area contributed by atoms with E-state index in [1.54, 1.807) is 20.8 Å². The molecule has 0 heterocycles. The minimum atomic E-state index is -1.21.